The number of rotatable bonds is 7. The second-order valence-electron chi connectivity index (χ2n) is 11.5. The third-order valence-electron chi connectivity index (χ3n) is 8.42. The van der Waals surface area contributed by atoms with Crippen LogP contribution >= 0.6 is 0 Å². The van der Waals surface area contributed by atoms with Crippen LogP contribution in [0.4, 0.5) is 19.0 Å². The Morgan fingerprint density at radius 1 is 1.07 bits per heavy atom. The summed E-state index contributed by atoms with van der Waals surface area (Å²) in [5, 5.41) is 15.9. The van der Waals surface area contributed by atoms with E-state index in [1.165, 1.54) is 18.9 Å². The molecule has 2 aliphatic rings. The van der Waals surface area contributed by atoms with Gasteiger partial charge in [0.15, 0.2) is 11.6 Å². The largest absolute Gasteiger partial charge is 0.418 e. The summed E-state index contributed by atoms with van der Waals surface area (Å²) in [4.78, 5) is 14.6. The molecule has 4 aromatic heterocycles. The lowest BCUT2D eigenvalue weighted by Crippen LogP contribution is -2.21. The molecule has 7 rings (SSSR count). The van der Waals surface area contributed by atoms with Gasteiger partial charge >= 0.3 is 6.18 Å². The average molecular weight is 577 g/mol. The summed E-state index contributed by atoms with van der Waals surface area (Å²) in [6, 6.07) is 6.74. The molecule has 2 N–H and O–H groups in total. The molecule has 1 aromatic carbocycles. The highest BCUT2D eigenvalue weighted by molar-refractivity contribution is 5.85. The Morgan fingerprint density at radius 2 is 1.90 bits per heavy atom. The summed E-state index contributed by atoms with van der Waals surface area (Å²) in [5.41, 5.74) is 3.22. The van der Waals surface area contributed by atoms with E-state index in [0.29, 0.717) is 46.9 Å². The normalized spacial score (nSPS) is 16.6. The number of H-pyrrole nitrogens is 1. The maximum Gasteiger partial charge on any atom is 0.418 e. The van der Waals surface area contributed by atoms with Crippen molar-refractivity contribution in [2.75, 3.05) is 25.0 Å². The molecule has 0 amide bonds. The van der Waals surface area contributed by atoms with Crippen molar-refractivity contribution in [3.05, 3.63) is 47.9 Å². The molecule has 1 saturated carbocycles. The topological polar surface area (TPSA) is 105 Å². The minimum atomic E-state index is -4.55. The summed E-state index contributed by atoms with van der Waals surface area (Å²) in [6.45, 7) is 4.92. The van der Waals surface area contributed by atoms with Crippen LogP contribution in [0.15, 0.2) is 36.8 Å². The lowest BCUT2D eigenvalue weighted by atomic mass is 10.1. The molecule has 5 heterocycles. The van der Waals surface area contributed by atoms with Crippen molar-refractivity contribution in [3.8, 4) is 34.2 Å². The van der Waals surface area contributed by atoms with Crippen molar-refractivity contribution in [3.63, 3.8) is 0 Å². The first-order chi connectivity index (χ1) is 20.1. The average Bonchev–Trinajstić information content (AvgIpc) is 3.33. The van der Waals surface area contributed by atoms with Gasteiger partial charge in [-0.25, -0.2) is 9.97 Å². The zero-order valence-corrected chi connectivity index (χ0v) is 23.6. The Kier molecular flexibility index (Phi) is 6.12. The van der Waals surface area contributed by atoms with Gasteiger partial charge in [-0.2, -0.15) is 18.3 Å². The number of aromatic nitrogens is 8. The van der Waals surface area contributed by atoms with Gasteiger partial charge in [0.05, 0.1) is 28.5 Å². The predicted octanol–water partition coefficient (Wildman–Crippen LogP) is 5.26. The van der Waals surface area contributed by atoms with Gasteiger partial charge in [-0.15, -0.1) is 10.2 Å². The molecule has 13 heteroatoms. The molecule has 0 bridgehead atoms. The molecular weight excluding hydrogens is 545 g/mol. The van der Waals surface area contributed by atoms with E-state index in [4.69, 9.17) is 4.98 Å². The number of nitrogens with zero attached hydrogens (tertiary/aromatic N) is 8. The van der Waals surface area contributed by atoms with Gasteiger partial charge in [0.2, 0.25) is 0 Å². The zero-order valence-electron chi connectivity index (χ0n) is 23.6. The molecule has 10 nitrogen and oxygen atoms in total. The molecule has 1 spiro atoms. The van der Waals surface area contributed by atoms with Crippen LogP contribution in [0.25, 0.3) is 45.2 Å². The molecule has 218 valence electrons. The number of aryl methyl sites for hydroxylation is 2. The number of hydrogen-bond donors (Lipinski definition) is 2. The van der Waals surface area contributed by atoms with E-state index in [0.717, 1.165) is 36.3 Å². The SMILES string of the molecule is CCNc1cc(-c2c(-c3nncn3C)cnn2C)cc(-c2nc3c(C(F)(F)F)cc(CN4CCC5(CC5)C4)cc3[nH]2)n1. The predicted molar refractivity (Wildman–Crippen MR) is 152 cm³/mol. The van der Waals surface area contributed by atoms with Gasteiger partial charge in [-0.3, -0.25) is 9.58 Å². The van der Waals surface area contributed by atoms with Crippen LogP contribution in [0, 0.1) is 5.41 Å². The third-order valence-corrected chi connectivity index (χ3v) is 8.42. The molecule has 0 atom stereocenters. The van der Waals surface area contributed by atoms with Gasteiger partial charge in [0.25, 0.3) is 0 Å². The fraction of sp³-hybridized carbons (Fsp3) is 0.414. The van der Waals surface area contributed by atoms with Gasteiger partial charge in [-0.1, -0.05) is 0 Å². The maximum absolute atomic E-state index is 14.3. The standard InChI is InChI=1S/C29H31F3N10/c1-4-33-23-12-18(25-19(13-35-41(25)3)27-39-34-16-40(27)2)11-22(36-23)26-37-21-10-17(9-20(24(21)38-26)29(30,31)32)14-42-8-7-28(15-42)5-6-28/h9-13,16H,4-8,14-15H2,1-3H3,(H,33,36)(H,37,38). The first-order valence-electron chi connectivity index (χ1n) is 14.1. The molecule has 1 aliphatic heterocycles. The fourth-order valence-electron chi connectivity index (χ4n) is 6.14. The fourth-order valence-corrected chi connectivity index (χ4v) is 6.14. The molecule has 2 fully saturated rings. The van der Waals surface area contributed by atoms with Crippen molar-refractivity contribution in [1.82, 2.24) is 44.4 Å². The lowest BCUT2D eigenvalue weighted by Gasteiger charge is -2.17. The Bertz CT molecular complexity index is 1790. The van der Waals surface area contributed by atoms with Crippen molar-refractivity contribution >= 4 is 16.9 Å². The van der Waals surface area contributed by atoms with Gasteiger partial charge in [0, 0.05) is 39.3 Å². The first-order valence-corrected chi connectivity index (χ1v) is 14.1. The van der Waals surface area contributed by atoms with Crippen molar-refractivity contribution in [2.24, 2.45) is 19.5 Å². The number of aromatic amines is 1. The molecule has 1 aliphatic carbocycles. The number of alkyl halides is 3. The second-order valence-corrected chi connectivity index (χ2v) is 11.5. The van der Waals surface area contributed by atoms with E-state index >= 15 is 0 Å². The van der Waals surface area contributed by atoms with E-state index < -0.39 is 11.7 Å². The van der Waals surface area contributed by atoms with Crippen LogP contribution in [-0.4, -0.2) is 64.0 Å². The Morgan fingerprint density at radius 3 is 2.60 bits per heavy atom. The van der Waals surface area contributed by atoms with E-state index in [1.807, 2.05) is 33.2 Å². The number of halogens is 3. The number of nitrogens with one attached hydrogen (secondary N) is 2. The zero-order chi connectivity index (χ0) is 29.2. The molecule has 0 radical (unpaired) electrons. The van der Waals surface area contributed by atoms with E-state index in [9.17, 15) is 13.2 Å². The summed E-state index contributed by atoms with van der Waals surface area (Å²) in [5.74, 6) is 1.46. The first kappa shape index (κ1) is 26.6. The number of anilines is 1. The quantitative estimate of drug-likeness (QED) is 0.272. The monoisotopic (exact) mass is 576 g/mol. The molecule has 1 saturated heterocycles. The van der Waals surface area contributed by atoms with Gasteiger partial charge in [0.1, 0.15) is 23.4 Å². The van der Waals surface area contributed by atoms with Crippen molar-refractivity contribution in [1.29, 1.82) is 0 Å². The minimum absolute atomic E-state index is 0.112. The summed E-state index contributed by atoms with van der Waals surface area (Å²) >= 11 is 0. The van der Waals surface area contributed by atoms with Crippen LogP contribution < -0.4 is 5.32 Å². The van der Waals surface area contributed by atoms with Crippen LogP contribution in [-0.2, 0) is 26.8 Å². The van der Waals surface area contributed by atoms with Gasteiger partial charge in [-0.05, 0) is 68.0 Å². The lowest BCUT2D eigenvalue weighted by molar-refractivity contribution is -0.136. The van der Waals surface area contributed by atoms with E-state index in [1.54, 1.807) is 27.8 Å². The number of hydrogen-bond acceptors (Lipinski definition) is 7. The smallest absolute Gasteiger partial charge is 0.370 e. The number of likely N-dealkylation sites (tertiary alicyclic amines) is 1. The second kappa shape index (κ2) is 9.65. The molecule has 42 heavy (non-hydrogen) atoms. The third kappa shape index (κ3) is 4.71. The van der Waals surface area contributed by atoms with Crippen molar-refractivity contribution < 1.29 is 13.2 Å². The molecule has 0 unspecified atom stereocenters. The molecule has 5 aromatic rings. The highest BCUT2D eigenvalue weighted by Gasteiger charge is 2.47. The number of pyridine rings is 1. The number of fused-ring (bicyclic) bond motifs is 1. The molecular formula is C29H31F3N10. The van der Waals surface area contributed by atoms with Crippen molar-refractivity contribution in [2.45, 2.75) is 38.9 Å². The Hall–Kier alpha value is -4.26. The maximum atomic E-state index is 14.3. The van der Waals surface area contributed by atoms with Gasteiger partial charge < -0.3 is 14.9 Å². The van der Waals surface area contributed by atoms with Crippen LogP contribution in [0.2, 0.25) is 0 Å². The summed E-state index contributed by atoms with van der Waals surface area (Å²) in [7, 11) is 3.68. The number of benzene rings is 1. The highest BCUT2D eigenvalue weighted by Crippen LogP contribution is 2.53. The van der Waals surface area contributed by atoms with E-state index in [-0.39, 0.29) is 11.3 Å². The highest BCUT2D eigenvalue weighted by atomic mass is 19.4. The summed E-state index contributed by atoms with van der Waals surface area (Å²) < 4.78 is 46.5. The summed E-state index contributed by atoms with van der Waals surface area (Å²) in [6.07, 6.45) is 2.35. The van der Waals surface area contributed by atoms with E-state index in [2.05, 4.69) is 35.5 Å². The number of imidazole rings is 1. The van der Waals surface area contributed by atoms with Crippen LogP contribution in [0.3, 0.4) is 0 Å². The van der Waals surface area contributed by atoms with Crippen LogP contribution in [0.1, 0.15) is 37.3 Å². The Balaban J connectivity index is 1.32. The van der Waals surface area contributed by atoms with Crippen LogP contribution in [0.5, 0.6) is 0 Å². The minimum Gasteiger partial charge on any atom is -0.370 e. The Labute approximate surface area is 240 Å².